The summed E-state index contributed by atoms with van der Waals surface area (Å²) in [4.78, 5) is 10.9. The Morgan fingerprint density at radius 1 is 1.70 bits per heavy atom. The summed E-state index contributed by atoms with van der Waals surface area (Å²) in [5.74, 6) is 0. The van der Waals surface area contributed by atoms with Crippen LogP contribution in [-0.2, 0) is 4.79 Å². The fourth-order valence-electron chi connectivity index (χ4n) is 1.26. The van der Waals surface area contributed by atoms with Crippen LogP contribution in [0.15, 0.2) is 0 Å². The molecule has 1 atom stereocenters. The first-order valence-electron chi connectivity index (χ1n) is 3.44. The summed E-state index contributed by atoms with van der Waals surface area (Å²) in [6, 6.07) is 1.29. The first-order chi connectivity index (χ1) is 4.51. The van der Waals surface area contributed by atoms with E-state index < -0.39 is 8.07 Å². The summed E-state index contributed by atoms with van der Waals surface area (Å²) in [6.45, 7) is 4.64. The average molecular weight is 269 g/mol. The summed E-state index contributed by atoms with van der Waals surface area (Å²) in [6.07, 6.45) is 1.10. The van der Waals surface area contributed by atoms with Crippen molar-refractivity contribution in [2.75, 3.05) is 6.17 Å². The van der Waals surface area contributed by atoms with Crippen LogP contribution in [0.4, 0.5) is 0 Å². The molecular formula is C6H12INOSi. The van der Waals surface area contributed by atoms with Gasteiger partial charge < -0.3 is 5.32 Å². The number of carbonyl (C=O) groups is 1. The van der Waals surface area contributed by atoms with Gasteiger partial charge in [0, 0.05) is 22.6 Å². The molecule has 0 saturated carbocycles. The molecule has 0 aromatic rings. The lowest BCUT2D eigenvalue weighted by atomic mass is 10.4. The highest BCUT2D eigenvalue weighted by molar-refractivity contribution is 14.1. The molecular weight excluding hydrogens is 257 g/mol. The topological polar surface area (TPSA) is 29.1 Å². The minimum Gasteiger partial charge on any atom is -0.310 e. The van der Waals surface area contributed by atoms with Crippen molar-refractivity contribution in [2.24, 2.45) is 0 Å². The van der Waals surface area contributed by atoms with E-state index in [1.807, 2.05) is 22.6 Å². The quantitative estimate of drug-likeness (QED) is 0.440. The third kappa shape index (κ3) is 2.03. The fourth-order valence-corrected chi connectivity index (χ4v) is 4.49. The number of nitrogens with one attached hydrogen (secondary N) is 1. The minimum atomic E-state index is -1.00. The molecule has 1 fully saturated rings. The molecule has 0 aromatic heterocycles. The van der Waals surface area contributed by atoms with Crippen molar-refractivity contribution in [1.82, 2.24) is 5.32 Å². The second-order valence-corrected chi connectivity index (χ2v) is 9.76. The molecule has 1 rings (SSSR count). The molecule has 4 heteroatoms. The molecule has 0 aromatic carbocycles. The van der Waals surface area contributed by atoms with Crippen LogP contribution in [0.3, 0.4) is 0 Å². The van der Waals surface area contributed by atoms with E-state index in [4.69, 9.17) is 0 Å². The van der Waals surface area contributed by atoms with Gasteiger partial charge in [-0.3, -0.25) is 4.79 Å². The number of carbonyl (C=O) groups excluding carboxylic acids is 1. The SMILES string of the molecule is C[Si]1(C)CN[C@H](C(=O)I)C1. The maximum Gasteiger partial charge on any atom is 0.208 e. The van der Waals surface area contributed by atoms with Gasteiger partial charge in [-0.2, -0.15) is 0 Å². The molecule has 1 aliphatic rings. The molecule has 0 radical (unpaired) electrons. The van der Waals surface area contributed by atoms with E-state index in [0.29, 0.717) is 0 Å². The maximum atomic E-state index is 10.9. The van der Waals surface area contributed by atoms with Crippen molar-refractivity contribution < 1.29 is 4.79 Å². The minimum absolute atomic E-state index is 0.169. The van der Waals surface area contributed by atoms with Crippen molar-refractivity contribution in [3.05, 3.63) is 0 Å². The molecule has 0 bridgehead atoms. The molecule has 2 nitrogen and oxygen atoms in total. The van der Waals surface area contributed by atoms with Crippen LogP contribution in [0.5, 0.6) is 0 Å². The van der Waals surface area contributed by atoms with Crippen LogP contribution in [0, 0.1) is 0 Å². The van der Waals surface area contributed by atoms with Crippen molar-refractivity contribution in [3.63, 3.8) is 0 Å². The summed E-state index contributed by atoms with van der Waals surface area (Å²) in [7, 11) is -1.00. The van der Waals surface area contributed by atoms with Crippen LogP contribution in [0.2, 0.25) is 19.1 Å². The van der Waals surface area contributed by atoms with Crippen LogP contribution in [0.25, 0.3) is 0 Å². The van der Waals surface area contributed by atoms with Crippen LogP contribution in [0.1, 0.15) is 0 Å². The highest BCUT2D eigenvalue weighted by Crippen LogP contribution is 2.19. The Morgan fingerprint density at radius 2 is 2.30 bits per heavy atom. The zero-order valence-electron chi connectivity index (χ0n) is 6.28. The van der Waals surface area contributed by atoms with Crippen molar-refractivity contribution in [3.8, 4) is 0 Å². The first kappa shape index (κ1) is 8.67. The van der Waals surface area contributed by atoms with Crippen molar-refractivity contribution in [1.29, 1.82) is 0 Å². The van der Waals surface area contributed by atoms with Crippen molar-refractivity contribution >= 4 is 34.5 Å². The average Bonchev–Trinajstić information content (AvgIpc) is 2.10. The van der Waals surface area contributed by atoms with Crippen LogP contribution >= 0.6 is 22.6 Å². The van der Waals surface area contributed by atoms with Gasteiger partial charge in [-0.25, -0.2) is 0 Å². The lowest BCUT2D eigenvalue weighted by molar-refractivity contribution is -0.110. The third-order valence-corrected chi connectivity index (χ3v) is 5.28. The summed E-state index contributed by atoms with van der Waals surface area (Å²) >= 11 is 1.88. The predicted octanol–water partition coefficient (Wildman–Crippen LogP) is 1.17. The van der Waals surface area contributed by atoms with Crippen molar-refractivity contribution in [2.45, 2.75) is 25.2 Å². The number of halogens is 1. The van der Waals surface area contributed by atoms with E-state index in [1.54, 1.807) is 0 Å². The second kappa shape index (κ2) is 2.90. The summed E-state index contributed by atoms with van der Waals surface area (Å²) < 4.78 is 0.274. The predicted molar refractivity (Wildman–Crippen MR) is 53.1 cm³/mol. The van der Waals surface area contributed by atoms with E-state index in [-0.39, 0.29) is 9.83 Å². The smallest absolute Gasteiger partial charge is 0.208 e. The normalized spacial score (nSPS) is 30.5. The number of rotatable bonds is 1. The highest BCUT2D eigenvalue weighted by Gasteiger charge is 2.34. The monoisotopic (exact) mass is 269 g/mol. The Balaban J connectivity index is 2.51. The number of hydrogen-bond donors (Lipinski definition) is 1. The lowest BCUT2D eigenvalue weighted by Gasteiger charge is -2.10. The van der Waals surface area contributed by atoms with Gasteiger partial charge in [-0.05, 0) is 12.2 Å². The van der Waals surface area contributed by atoms with Gasteiger partial charge in [-0.1, -0.05) is 13.1 Å². The molecule has 1 aliphatic heterocycles. The maximum absolute atomic E-state index is 10.9. The van der Waals surface area contributed by atoms with E-state index >= 15 is 0 Å². The summed E-state index contributed by atoms with van der Waals surface area (Å²) in [5, 5.41) is 3.25. The second-order valence-electron chi connectivity index (χ2n) is 3.61. The van der Waals surface area contributed by atoms with E-state index in [1.165, 1.54) is 0 Å². The Morgan fingerprint density at radius 3 is 2.50 bits per heavy atom. The van der Waals surface area contributed by atoms with Gasteiger partial charge in [0.2, 0.25) is 3.79 Å². The third-order valence-electron chi connectivity index (χ3n) is 1.86. The first-order valence-corrected chi connectivity index (χ1v) is 7.93. The molecule has 1 heterocycles. The van der Waals surface area contributed by atoms with Gasteiger partial charge in [-0.15, -0.1) is 0 Å². The fraction of sp³-hybridized carbons (Fsp3) is 0.833. The molecule has 0 amide bonds. The van der Waals surface area contributed by atoms with Crippen LogP contribution in [-0.4, -0.2) is 24.1 Å². The standard InChI is InChI=1S/C6H12INOSi/c1-10(2)3-5(6(7)9)8-4-10/h5,8H,3-4H2,1-2H3/t5-/m0/s1. The zero-order valence-corrected chi connectivity index (χ0v) is 9.44. The molecule has 1 N–H and O–H groups in total. The number of hydrogen-bond acceptors (Lipinski definition) is 2. The molecule has 0 unspecified atom stereocenters. The van der Waals surface area contributed by atoms with E-state index in [0.717, 1.165) is 12.2 Å². The Hall–Kier alpha value is 0.577. The van der Waals surface area contributed by atoms with Gasteiger partial charge in [0.25, 0.3) is 0 Å². The molecule has 0 aliphatic carbocycles. The van der Waals surface area contributed by atoms with E-state index in [2.05, 4.69) is 18.4 Å². The highest BCUT2D eigenvalue weighted by atomic mass is 127. The van der Waals surface area contributed by atoms with Gasteiger partial charge >= 0.3 is 0 Å². The molecule has 58 valence electrons. The Kier molecular flexibility index (Phi) is 2.52. The van der Waals surface area contributed by atoms with Gasteiger partial charge in [0.15, 0.2) is 0 Å². The Bertz CT molecular complexity index is 160. The molecule has 1 saturated heterocycles. The Labute approximate surface area is 75.9 Å². The zero-order chi connectivity index (χ0) is 7.78. The largest absolute Gasteiger partial charge is 0.310 e. The van der Waals surface area contributed by atoms with Crippen LogP contribution < -0.4 is 5.32 Å². The summed E-state index contributed by atoms with van der Waals surface area (Å²) in [5.41, 5.74) is 0. The van der Waals surface area contributed by atoms with Gasteiger partial charge in [0.1, 0.15) is 0 Å². The van der Waals surface area contributed by atoms with E-state index in [9.17, 15) is 4.79 Å². The molecule has 0 spiro atoms. The molecule has 10 heavy (non-hydrogen) atoms. The lowest BCUT2D eigenvalue weighted by Crippen LogP contribution is -2.29. The van der Waals surface area contributed by atoms with Gasteiger partial charge in [0.05, 0.1) is 14.1 Å².